The number of esters is 1. The summed E-state index contributed by atoms with van der Waals surface area (Å²) in [6, 6.07) is 6.44. The van der Waals surface area contributed by atoms with Crippen molar-refractivity contribution in [3.05, 3.63) is 35.4 Å². The minimum absolute atomic E-state index is 0.0207. The van der Waals surface area contributed by atoms with Crippen molar-refractivity contribution in [2.24, 2.45) is 0 Å². The Morgan fingerprint density at radius 3 is 2.18 bits per heavy atom. The largest absolute Gasteiger partial charge is 0.463 e. The van der Waals surface area contributed by atoms with Gasteiger partial charge in [-0.2, -0.15) is 4.31 Å². The second-order valence-corrected chi connectivity index (χ2v) is 9.44. The fraction of sp³-hybridized carbons (Fsp3) is 0.526. The van der Waals surface area contributed by atoms with Crippen LogP contribution in [0.3, 0.4) is 0 Å². The second kappa shape index (κ2) is 6.97. The smallest absolute Gasteiger partial charge is 0.327 e. The molecular weight excluding hydrogens is 384 g/mol. The Kier molecular flexibility index (Phi) is 4.75. The lowest BCUT2D eigenvalue weighted by molar-refractivity contribution is -0.165. The van der Waals surface area contributed by atoms with E-state index in [1.54, 1.807) is 24.3 Å². The molecule has 1 aromatic rings. The summed E-state index contributed by atoms with van der Waals surface area (Å²) in [5.41, 5.74) is -0.567. The molecular formula is C19H22N2O6S. The number of rotatable bonds is 4. The fourth-order valence-corrected chi connectivity index (χ4v) is 6.20. The van der Waals surface area contributed by atoms with Crippen LogP contribution >= 0.6 is 0 Å². The summed E-state index contributed by atoms with van der Waals surface area (Å²) in [6.07, 6.45) is 3.37. The Balaban J connectivity index is 1.54. The van der Waals surface area contributed by atoms with Crippen LogP contribution in [0, 0.1) is 0 Å². The van der Waals surface area contributed by atoms with E-state index < -0.39 is 39.1 Å². The SMILES string of the molecule is O=C1c2ccccc2C(=O)N1CCS(=O)(=O)N1CCOC(=O)C12CCCCC2. The number of nitrogens with zero attached hydrogens (tertiary/aromatic N) is 2. The quantitative estimate of drug-likeness (QED) is 0.550. The number of morpholine rings is 1. The zero-order valence-electron chi connectivity index (χ0n) is 15.4. The van der Waals surface area contributed by atoms with Gasteiger partial charge in [0.25, 0.3) is 11.8 Å². The van der Waals surface area contributed by atoms with Gasteiger partial charge >= 0.3 is 5.97 Å². The number of benzene rings is 1. The lowest BCUT2D eigenvalue weighted by Crippen LogP contribution is -2.63. The average molecular weight is 406 g/mol. The molecule has 0 aromatic heterocycles. The number of cyclic esters (lactones) is 1. The van der Waals surface area contributed by atoms with Crippen molar-refractivity contribution in [1.82, 2.24) is 9.21 Å². The van der Waals surface area contributed by atoms with Gasteiger partial charge in [0, 0.05) is 13.1 Å². The molecule has 0 radical (unpaired) electrons. The second-order valence-electron chi connectivity index (χ2n) is 7.42. The zero-order valence-corrected chi connectivity index (χ0v) is 16.2. The topological polar surface area (TPSA) is 101 Å². The first-order chi connectivity index (χ1) is 13.4. The minimum atomic E-state index is -3.86. The number of ether oxygens (including phenoxy) is 1. The normalized spacial score (nSPS) is 22.4. The van der Waals surface area contributed by atoms with Crippen LogP contribution in [0.2, 0.25) is 0 Å². The van der Waals surface area contributed by atoms with Crippen molar-refractivity contribution in [2.75, 3.05) is 25.4 Å². The van der Waals surface area contributed by atoms with Gasteiger partial charge < -0.3 is 4.74 Å². The predicted octanol–water partition coefficient (Wildman–Crippen LogP) is 1.17. The zero-order chi connectivity index (χ0) is 19.9. The van der Waals surface area contributed by atoms with Crippen molar-refractivity contribution in [2.45, 2.75) is 37.6 Å². The molecule has 2 amide bonds. The Bertz CT molecular complexity index is 900. The average Bonchev–Trinajstić information content (AvgIpc) is 2.94. The molecule has 2 fully saturated rings. The van der Waals surface area contributed by atoms with Gasteiger partial charge in [-0.05, 0) is 25.0 Å². The number of imide groups is 1. The third kappa shape index (κ3) is 2.93. The van der Waals surface area contributed by atoms with Crippen molar-refractivity contribution in [1.29, 1.82) is 0 Å². The summed E-state index contributed by atoms with van der Waals surface area (Å²) in [5.74, 6) is -1.86. The van der Waals surface area contributed by atoms with Crippen LogP contribution in [0.5, 0.6) is 0 Å². The van der Waals surface area contributed by atoms with Crippen LogP contribution in [0.4, 0.5) is 0 Å². The van der Waals surface area contributed by atoms with E-state index in [9.17, 15) is 22.8 Å². The summed E-state index contributed by atoms with van der Waals surface area (Å²) in [6.45, 7) is -0.112. The fourth-order valence-electron chi connectivity index (χ4n) is 4.43. The van der Waals surface area contributed by atoms with Crippen molar-refractivity contribution in [3.8, 4) is 0 Å². The van der Waals surface area contributed by atoms with E-state index in [4.69, 9.17) is 4.74 Å². The third-order valence-electron chi connectivity index (χ3n) is 5.85. The molecule has 28 heavy (non-hydrogen) atoms. The van der Waals surface area contributed by atoms with E-state index in [0.29, 0.717) is 12.8 Å². The Morgan fingerprint density at radius 1 is 0.964 bits per heavy atom. The molecule has 0 atom stereocenters. The number of hydrogen-bond donors (Lipinski definition) is 0. The van der Waals surface area contributed by atoms with Gasteiger partial charge in [0.05, 0.1) is 16.9 Å². The first-order valence-electron chi connectivity index (χ1n) is 9.50. The lowest BCUT2D eigenvalue weighted by atomic mass is 9.81. The number of carbonyl (C=O) groups excluding carboxylic acids is 3. The summed E-state index contributed by atoms with van der Waals surface area (Å²) >= 11 is 0. The van der Waals surface area contributed by atoms with Gasteiger partial charge in [-0.25, -0.2) is 8.42 Å². The molecule has 1 saturated carbocycles. The molecule has 1 aliphatic carbocycles. The lowest BCUT2D eigenvalue weighted by Gasteiger charge is -2.45. The number of sulfonamides is 1. The predicted molar refractivity (Wildman–Crippen MR) is 99.1 cm³/mol. The minimum Gasteiger partial charge on any atom is -0.463 e. The molecule has 1 aromatic carbocycles. The number of amides is 2. The highest BCUT2D eigenvalue weighted by atomic mass is 32.2. The van der Waals surface area contributed by atoms with Gasteiger partial charge in [0.2, 0.25) is 10.0 Å². The Morgan fingerprint density at radius 2 is 1.57 bits per heavy atom. The molecule has 9 heteroatoms. The number of hydrogen-bond acceptors (Lipinski definition) is 6. The van der Waals surface area contributed by atoms with Crippen molar-refractivity contribution >= 4 is 27.8 Å². The van der Waals surface area contributed by atoms with Crippen LogP contribution in [-0.2, 0) is 19.6 Å². The molecule has 0 N–H and O–H groups in total. The third-order valence-corrected chi connectivity index (χ3v) is 7.75. The summed E-state index contributed by atoms with van der Waals surface area (Å²) in [4.78, 5) is 38.4. The molecule has 2 aliphatic heterocycles. The molecule has 8 nitrogen and oxygen atoms in total. The summed E-state index contributed by atoms with van der Waals surface area (Å²) in [7, 11) is -3.86. The van der Waals surface area contributed by atoms with Gasteiger partial charge in [-0.1, -0.05) is 31.4 Å². The van der Waals surface area contributed by atoms with Crippen LogP contribution in [0.1, 0.15) is 52.8 Å². The monoisotopic (exact) mass is 406 g/mol. The number of carbonyl (C=O) groups is 3. The Labute approximate surface area is 163 Å². The molecule has 2 heterocycles. The van der Waals surface area contributed by atoms with Crippen molar-refractivity contribution in [3.63, 3.8) is 0 Å². The standard InChI is InChI=1S/C19H22N2O6S/c22-16-14-6-2-3-7-15(14)17(23)20(16)11-13-28(25,26)21-10-12-27-18(24)19(21)8-4-1-5-9-19/h2-3,6-7H,1,4-5,8-13H2. The molecule has 1 spiro atoms. The van der Waals surface area contributed by atoms with Gasteiger partial charge in [0.15, 0.2) is 0 Å². The van der Waals surface area contributed by atoms with E-state index in [0.717, 1.165) is 24.2 Å². The van der Waals surface area contributed by atoms with E-state index >= 15 is 0 Å². The molecule has 1 saturated heterocycles. The molecule has 4 rings (SSSR count). The van der Waals surface area contributed by atoms with E-state index in [2.05, 4.69) is 0 Å². The molecule has 3 aliphatic rings. The molecule has 0 bridgehead atoms. The van der Waals surface area contributed by atoms with Crippen molar-refractivity contribution < 1.29 is 27.5 Å². The van der Waals surface area contributed by atoms with Crippen LogP contribution in [-0.4, -0.2) is 66.4 Å². The Hall–Kier alpha value is -2.26. The highest BCUT2D eigenvalue weighted by Gasteiger charge is 2.53. The van der Waals surface area contributed by atoms with E-state index in [1.807, 2.05) is 0 Å². The highest BCUT2D eigenvalue weighted by Crippen LogP contribution is 2.38. The van der Waals surface area contributed by atoms with Gasteiger partial charge in [0.1, 0.15) is 12.1 Å². The van der Waals surface area contributed by atoms with Crippen LogP contribution in [0.25, 0.3) is 0 Å². The molecule has 150 valence electrons. The van der Waals surface area contributed by atoms with Crippen LogP contribution < -0.4 is 0 Å². The summed E-state index contributed by atoms with van der Waals surface area (Å²) in [5, 5.41) is 0. The maximum atomic E-state index is 13.1. The highest BCUT2D eigenvalue weighted by molar-refractivity contribution is 7.89. The first kappa shape index (κ1) is 19.1. The van der Waals surface area contributed by atoms with E-state index in [-0.39, 0.29) is 30.8 Å². The number of fused-ring (bicyclic) bond motifs is 1. The molecule has 0 unspecified atom stereocenters. The maximum Gasteiger partial charge on any atom is 0.327 e. The van der Waals surface area contributed by atoms with Gasteiger partial charge in [-0.15, -0.1) is 0 Å². The summed E-state index contributed by atoms with van der Waals surface area (Å²) < 4.78 is 32.7. The van der Waals surface area contributed by atoms with Crippen LogP contribution in [0.15, 0.2) is 24.3 Å². The van der Waals surface area contributed by atoms with Gasteiger partial charge in [-0.3, -0.25) is 19.3 Å². The first-order valence-corrected chi connectivity index (χ1v) is 11.1. The van der Waals surface area contributed by atoms with E-state index in [1.165, 1.54) is 4.31 Å². The maximum absolute atomic E-state index is 13.1.